The highest BCUT2D eigenvalue weighted by molar-refractivity contribution is 5.70. The maximum Gasteiger partial charge on any atom is 0.573 e. The van der Waals surface area contributed by atoms with Crippen LogP contribution in [0, 0.1) is 0 Å². The second kappa shape index (κ2) is 4.85. The molecule has 0 bridgehead atoms. The van der Waals surface area contributed by atoms with Crippen molar-refractivity contribution in [2.24, 2.45) is 0 Å². The minimum absolute atomic E-state index is 0.241. The molecule has 1 N–H and O–H groups in total. The first-order valence-electron chi connectivity index (χ1n) is 6.07. The van der Waals surface area contributed by atoms with E-state index in [9.17, 15) is 13.2 Å². The quantitative estimate of drug-likeness (QED) is 0.894. The molecule has 0 aliphatic carbocycles. The Morgan fingerprint density at radius 1 is 1.10 bits per heavy atom. The molecule has 0 atom stereocenters. The van der Waals surface area contributed by atoms with Gasteiger partial charge in [-0.1, -0.05) is 32.9 Å². The molecule has 0 amide bonds. The van der Waals surface area contributed by atoms with Crippen LogP contribution < -0.4 is 4.74 Å². The van der Waals surface area contributed by atoms with Gasteiger partial charge < -0.3 is 4.74 Å². The van der Waals surface area contributed by atoms with E-state index in [1.165, 1.54) is 12.1 Å². The number of hydrogen-bond donors (Lipinski definition) is 1. The van der Waals surface area contributed by atoms with Gasteiger partial charge in [-0.25, -0.2) is 0 Å². The molecule has 6 heteroatoms. The van der Waals surface area contributed by atoms with E-state index in [4.69, 9.17) is 0 Å². The number of hydrogen-bond acceptors (Lipinski definition) is 2. The first-order chi connectivity index (χ1) is 9.18. The Bertz CT molecular complexity index is 597. The second-order valence-corrected chi connectivity index (χ2v) is 5.45. The molecule has 0 aliphatic heterocycles. The Morgan fingerprint density at radius 3 is 2.35 bits per heavy atom. The lowest BCUT2D eigenvalue weighted by molar-refractivity contribution is -0.274. The fraction of sp³-hybridized carbons (Fsp3) is 0.357. The summed E-state index contributed by atoms with van der Waals surface area (Å²) in [4.78, 5) is 0. The van der Waals surface area contributed by atoms with Crippen molar-refractivity contribution in [2.75, 3.05) is 0 Å². The van der Waals surface area contributed by atoms with Gasteiger partial charge in [-0.15, -0.1) is 13.2 Å². The van der Waals surface area contributed by atoms with E-state index in [-0.39, 0.29) is 11.2 Å². The molecular weight excluding hydrogens is 269 g/mol. The third kappa shape index (κ3) is 3.12. The highest BCUT2D eigenvalue weighted by Crippen LogP contribution is 2.37. The largest absolute Gasteiger partial charge is 0.573 e. The average Bonchev–Trinajstić information content (AvgIpc) is 2.76. The molecule has 0 unspecified atom stereocenters. The normalized spacial score (nSPS) is 12.5. The lowest BCUT2D eigenvalue weighted by Crippen LogP contribution is -2.18. The van der Waals surface area contributed by atoms with Crippen LogP contribution in [0.4, 0.5) is 13.2 Å². The van der Waals surface area contributed by atoms with Crippen molar-refractivity contribution in [1.82, 2.24) is 10.2 Å². The Kier molecular flexibility index (Phi) is 3.50. The van der Waals surface area contributed by atoms with Crippen LogP contribution in [-0.2, 0) is 5.41 Å². The molecule has 2 aromatic rings. The molecule has 2 rings (SSSR count). The van der Waals surface area contributed by atoms with Gasteiger partial charge in [0.15, 0.2) is 0 Å². The van der Waals surface area contributed by atoms with Gasteiger partial charge in [0, 0.05) is 11.1 Å². The maximum atomic E-state index is 12.4. The summed E-state index contributed by atoms with van der Waals surface area (Å²) in [5.74, 6) is -0.241. The van der Waals surface area contributed by atoms with Gasteiger partial charge in [0.05, 0.1) is 11.9 Å². The van der Waals surface area contributed by atoms with Crippen LogP contribution in [0.3, 0.4) is 0 Å². The number of ether oxygens (including phenoxy) is 1. The van der Waals surface area contributed by atoms with Crippen LogP contribution in [0.1, 0.15) is 26.3 Å². The molecule has 0 saturated heterocycles. The van der Waals surface area contributed by atoms with Crippen molar-refractivity contribution in [2.45, 2.75) is 32.5 Å². The standard InChI is InChI=1S/C14H15F3N2O/c1-13(2,3)10-8-18-19-12(10)9-6-4-5-7-11(9)20-14(15,16)17/h4-8H,1-3H3,(H,18,19). The molecule has 0 radical (unpaired) electrons. The van der Waals surface area contributed by atoms with Gasteiger partial charge in [-0.3, -0.25) is 5.10 Å². The first-order valence-corrected chi connectivity index (χ1v) is 6.07. The smallest absolute Gasteiger partial charge is 0.405 e. The number of nitrogens with zero attached hydrogens (tertiary/aromatic N) is 1. The number of H-pyrrole nitrogens is 1. The number of aromatic nitrogens is 2. The summed E-state index contributed by atoms with van der Waals surface area (Å²) in [6.07, 6.45) is -3.10. The van der Waals surface area contributed by atoms with Crippen LogP contribution in [0.2, 0.25) is 0 Å². The van der Waals surface area contributed by atoms with E-state index in [0.29, 0.717) is 11.3 Å². The Labute approximate surface area is 114 Å². The van der Waals surface area contributed by atoms with Crippen LogP contribution in [0.15, 0.2) is 30.5 Å². The Morgan fingerprint density at radius 2 is 1.75 bits per heavy atom. The summed E-state index contributed by atoms with van der Waals surface area (Å²) in [6, 6.07) is 6.02. The third-order valence-corrected chi connectivity index (χ3v) is 2.83. The summed E-state index contributed by atoms with van der Waals surface area (Å²) in [5, 5.41) is 6.70. The first kappa shape index (κ1) is 14.4. The van der Waals surface area contributed by atoms with E-state index >= 15 is 0 Å². The number of rotatable bonds is 2. The summed E-state index contributed by atoms with van der Waals surface area (Å²) < 4.78 is 41.4. The summed E-state index contributed by atoms with van der Waals surface area (Å²) in [7, 11) is 0. The molecule has 1 heterocycles. The number of nitrogens with one attached hydrogen (secondary N) is 1. The highest BCUT2D eigenvalue weighted by atomic mass is 19.4. The van der Waals surface area contributed by atoms with Crippen molar-refractivity contribution >= 4 is 0 Å². The van der Waals surface area contributed by atoms with Gasteiger partial charge in [0.2, 0.25) is 0 Å². The zero-order chi connectivity index (χ0) is 15.0. The van der Waals surface area contributed by atoms with Gasteiger partial charge in [0.25, 0.3) is 0 Å². The highest BCUT2D eigenvalue weighted by Gasteiger charge is 2.33. The minimum atomic E-state index is -4.72. The monoisotopic (exact) mass is 284 g/mol. The fourth-order valence-corrected chi connectivity index (χ4v) is 1.95. The summed E-state index contributed by atoms with van der Waals surface area (Å²) in [5.41, 5.74) is 1.47. The average molecular weight is 284 g/mol. The lowest BCUT2D eigenvalue weighted by Gasteiger charge is -2.20. The maximum absolute atomic E-state index is 12.4. The molecule has 108 valence electrons. The van der Waals surface area contributed by atoms with Crippen molar-refractivity contribution in [3.63, 3.8) is 0 Å². The SMILES string of the molecule is CC(C)(C)c1cn[nH]c1-c1ccccc1OC(F)(F)F. The van der Waals surface area contributed by atoms with Crippen LogP contribution >= 0.6 is 0 Å². The molecule has 1 aromatic carbocycles. The summed E-state index contributed by atoms with van der Waals surface area (Å²) in [6.45, 7) is 5.90. The molecule has 0 aliphatic rings. The summed E-state index contributed by atoms with van der Waals surface area (Å²) >= 11 is 0. The molecular formula is C14H15F3N2O. The predicted molar refractivity (Wildman–Crippen MR) is 69.4 cm³/mol. The number of halogens is 3. The van der Waals surface area contributed by atoms with E-state index in [0.717, 1.165) is 5.56 Å². The number of para-hydroxylation sites is 1. The number of aromatic amines is 1. The van der Waals surface area contributed by atoms with Gasteiger partial charge >= 0.3 is 6.36 Å². The van der Waals surface area contributed by atoms with Crippen LogP contribution in [0.5, 0.6) is 5.75 Å². The number of benzene rings is 1. The van der Waals surface area contributed by atoms with E-state index in [1.807, 2.05) is 20.8 Å². The van der Waals surface area contributed by atoms with Gasteiger partial charge in [-0.2, -0.15) is 5.10 Å². The van der Waals surface area contributed by atoms with Crippen molar-refractivity contribution < 1.29 is 17.9 Å². The van der Waals surface area contributed by atoms with Crippen molar-refractivity contribution in [3.05, 3.63) is 36.0 Å². The van der Waals surface area contributed by atoms with Gasteiger partial charge in [-0.05, 0) is 17.5 Å². The van der Waals surface area contributed by atoms with Crippen LogP contribution in [-0.4, -0.2) is 16.6 Å². The molecule has 20 heavy (non-hydrogen) atoms. The molecule has 0 spiro atoms. The van der Waals surface area contributed by atoms with Crippen molar-refractivity contribution in [1.29, 1.82) is 0 Å². The minimum Gasteiger partial charge on any atom is -0.405 e. The van der Waals surface area contributed by atoms with Crippen molar-refractivity contribution in [3.8, 4) is 17.0 Å². The predicted octanol–water partition coefficient (Wildman–Crippen LogP) is 4.27. The second-order valence-electron chi connectivity index (χ2n) is 5.45. The van der Waals surface area contributed by atoms with E-state index in [2.05, 4.69) is 14.9 Å². The Balaban J connectivity index is 2.52. The van der Waals surface area contributed by atoms with Gasteiger partial charge in [0.1, 0.15) is 5.75 Å². The van der Waals surface area contributed by atoms with E-state index < -0.39 is 6.36 Å². The van der Waals surface area contributed by atoms with Crippen LogP contribution in [0.25, 0.3) is 11.3 Å². The zero-order valence-corrected chi connectivity index (χ0v) is 11.4. The molecule has 1 aromatic heterocycles. The lowest BCUT2D eigenvalue weighted by atomic mass is 9.85. The molecule has 3 nitrogen and oxygen atoms in total. The molecule has 0 fully saturated rings. The zero-order valence-electron chi connectivity index (χ0n) is 11.4. The van der Waals surface area contributed by atoms with E-state index in [1.54, 1.807) is 18.3 Å². The number of alkyl halides is 3. The fourth-order valence-electron chi connectivity index (χ4n) is 1.95. The molecule has 0 saturated carbocycles. The Hall–Kier alpha value is -1.98. The third-order valence-electron chi connectivity index (χ3n) is 2.83. The topological polar surface area (TPSA) is 37.9 Å².